The topological polar surface area (TPSA) is 55.8 Å². The molecule has 0 radical (unpaired) electrons. The van der Waals surface area contributed by atoms with Crippen LogP contribution in [0, 0.1) is 0 Å². The maximum absolute atomic E-state index is 12.1. The second kappa shape index (κ2) is 6.26. The summed E-state index contributed by atoms with van der Waals surface area (Å²) in [5.74, 6) is 0.0913. The summed E-state index contributed by atoms with van der Waals surface area (Å²) in [6, 6.07) is 5.04. The number of hydrogen-bond acceptors (Lipinski definition) is 4. The second-order valence-corrected chi connectivity index (χ2v) is 5.70. The van der Waals surface area contributed by atoms with E-state index < -0.39 is 5.97 Å². The average molecular weight is 342 g/mol. The fourth-order valence-electron chi connectivity index (χ4n) is 2.15. The third-order valence-corrected chi connectivity index (χ3v) is 3.68. The van der Waals surface area contributed by atoms with Crippen molar-refractivity contribution in [2.45, 2.75) is 18.2 Å². The highest BCUT2D eigenvalue weighted by atomic mass is 79.9. The molecule has 0 aliphatic carbocycles. The molecule has 0 bridgehead atoms. The molecule has 1 amide bonds. The van der Waals surface area contributed by atoms with Gasteiger partial charge < -0.3 is 14.4 Å². The summed E-state index contributed by atoms with van der Waals surface area (Å²) in [4.78, 5) is 25.7. The Bertz CT molecular complexity index is 532. The Labute approximate surface area is 126 Å². The van der Waals surface area contributed by atoms with E-state index in [0.29, 0.717) is 30.0 Å². The Morgan fingerprint density at radius 3 is 2.80 bits per heavy atom. The molecule has 1 aromatic rings. The first-order valence-electron chi connectivity index (χ1n) is 6.36. The van der Waals surface area contributed by atoms with Crippen LogP contribution in [-0.4, -0.2) is 37.0 Å². The standard InChI is InChI=1S/C14H16BrNO4/c1-3-20-14(18)11-7-10(19-2)4-5-12(11)16-8-9(15)6-13(16)17/h4-5,7,9H,3,6,8H2,1-2H3. The number of methoxy groups -OCH3 is 1. The van der Waals surface area contributed by atoms with Gasteiger partial charge in [-0.1, -0.05) is 15.9 Å². The van der Waals surface area contributed by atoms with Gasteiger partial charge in [-0.3, -0.25) is 4.79 Å². The largest absolute Gasteiger partial charge is 0.497 e. The third kappa shape index (κ3) is 2.95. The van der Waals surface area contributed by atoms with Gasteiger partial charge in [-0.2, -0.15) is 0 Å². The molecule has 0 N–H and O–H groups in total. The van der Waals surface area contributed by atoms with Crippen LogP contribution in [0.1, 0.15) is 23.7 Å². The van der Waals surface area contributed by atoms with E-state index in [9.17, 15) is 9.59 Å². The maximum Gasteiger partial charge on any atom is 0.340 e. The van der Waals surface area contributed by atoms with Crippen LogP contribution >= 0.6 is 15.9 Å². The lowest BCUT2D eigenvalue weighted by atomic mass is 10.1. The number of nitrogens with zero attached hydrogens (tertiary/aromatic N) is 1. The van der Waals surface area contributed by atoms with Crippen LogP contribution in [0.25, 0.3) is 0 Å². The first-order chi connectivity index (χ1) is 9.56. The van der Waals surface area contributed by atoms with Crippen LogP contribution < -0.4 is 9.64 Å². The summed E-state index contributed by atoms with van der Waals surface area (Å²) >= 11 is 3.43. The van der Waals surface area contributed by atoms with Gasteiger partial charge >= 0.3 is 5.97 Å². The van der Waals surface area contributed by atoms with Gasteiger partial charge in [-0.25, -0.2) is 4.79 Å². The number of carbonyl (C=O) groups is 2. The van der Waals surface area contributed by atoms with Crippen molar-refractivity contribution >= 4 is 33.5 Å². The van der Waals surface area contributed by atoms with Crippen molar-refractivity contribution in [3.05, 3.63) is 23.8 Å². The third-order valence-electron chi connectivity index (χ3n) is 3.07. The average Bonchev–Trinajstić information content (AvgIpc) is 2.77. The summed E-state index contributed by atoms with van der Waals surface area (Å²) in [7, 11) is 1.53. The molecule has 2 rings (SSSR count). The fraction of sp³-hybridized carbons (Fsp3) is 0.429. The highest BCUT2D eigenvalue weighted by Gasteiger charge is 2.31. The van der Waals surface area contributed by atoms with Crippen LogP contribution in [-0.2, 0) is 9.53 Å². The molecule has 1 aromatic carbocycles. The number of halogens is 1. The number of esters is 1. The Hall–Kier alpha value is -1.56. The Kier molecular flexibility index (Phi) is 4.65. The van der Waals surface area contributed by atoms with E-state index >= 15 is 0 Å². The van der Waals surface area contributed by atoms with Crippen molar-refractivity contribution < 1.29 is 19.1 Å². The molecule has 1 saturated heterocycles. The van der Waals surface area contributed by atoms with Gasteiger partial charge in [0.25, 0.3) is 0 Å². The van der Waals surface area contributed by atoms with Crippen molar-refractivity contribution in [1.29, 1.82) is 0 Å². The van der Waals surface area contributed by atoms with Crippen molar-refractivity contribution in [3.8, 4) is 5.75 Å². The smallest absolute Gasteiger partial charge is 0.340 e. The van der Waals surface area contributed by atoms with E-state index in [4.69, 9.17) is 9.47 Å². The van der Waals surface area contributed by atoms with Gasteiger partial charge in [0.05, 0.1) is 25.0 Å². The number of alkyl halides is 1. The molecular weight excluding hydrogens is 326 g/mol. The van der Waals surface area contributed by atoms with E-state index in [1.165, 1.54) is 7.11 Å². The minimum absolute atomic E-state index is 0.0115. The van der Waals surface area contributed by atoms with Crippen LogP contribution in [0.2, 0.25) is 0 Å². The van der Waals surface area contributed by atoms with Crippen molar-refractivity contribution in [2.24, 2.45) is 0 Å². The quantitative estimate of drug-likeness (QED) is 0.623. The second-order valence-electron chi connectivity index (χ2n) is 4.41. The van der Waals surface area contributed by atoms with Gasteiger partial charge in [0, 0.05) is 17.8 Å². The Morgan fingerprint density at radius 1 is 1.50 bits per heavy atom. The Morgan fingerprint density at radius 2 is 2.25 bits per heavy atom. The molecule has 108 valence electrons. The molecule has 6 heteroatoms. The van der Waals surface area contributed by atoms with Crippen molar-refractivity contribution in [3.63, 3.8) is 0 Å². The lowest BCUT2D eigenvalue weighted by Crippen LogP contribution is -2.27. The molecule has 1 unspecified atom stereocenters. The number of benzene rings is 1. The normalized spacial score (nSPS) is 18.2. The summed E-state index contributed by atoms with van der Waals surface area (Å²) in [5.41, 5.74) is 0.914. The number of anilines is 1. The molecule has 0 spiro atoms. The van der Waals surface area contributed by atoms with E-state index in [0.717, 1.165) is 0 Å². The SMILES string of the molecule is CCOC(=O)c1cc(OC)ccc1N1CC(Br)CC1=O. The number of rotatable bonds is 4. The number of amides is 1. The van der Waals surface area contributed by atoms with Crippen LogP contribution in [0.5, 0.6) is 5.75 Å². The van der Waals surface area contributed by atoms with Gasteiger partial charge in [-0.15, -0.1) is 0 Å². The monoisotopic (exact) mass is 341 g/mol. The van der Waals surface area contributed by atoms with Crippen molar-refractivity contribution in [2.75, 3.05) is 25.2 Å². The minimum atomic E-state index is -0.452. The van der Waals surface area contributed by atoms with Crippen molar-refractivity contribution in [1.82, 2.24) is 0 Å². The first kappa shape index (κ1) is 14.8. The van der Waals surface area contributed by atoms with E-state index in [1.807, 2.05) is 0 Å². The lowest BCUT2D eigenvalue weighted by Gasteiger charge is -2.19. The van der Waals surface area contributed by atoms with E-state index in [-0.39, 0.29) is 17.3 Å². The summed E-state index contributed by atoms with van der Waals surface area (Å²) in [6.45, 7) is 2.56. The molecule has 1 aliphatic heterocycles. The summed E-state index contributed by atoms with van der Waals surface area (Å²) < 4.78 is 10.2. The maximum atomic E-state index is 12.1. The molecule has 20 heavy (non-hydrogen) atoms. The van der Waals surface area contributed by atoms with Crippen LogP contribution in [0.15, 0.2) is 18.2 Å². The molecule has 0 saturated carbocycles. The first-order valence-corrected chi connectivity index (χ1v) is 7.28. The van der Waals surface area contributed by atoms with Gasteiger partial charge in [0.1, 0.15) is 5.75 Å². The molecule has 5 nitrogen and oxygen atoms in total. The number of carbonyl (C=O) groups excluding carboxylic acids is 2. The highest BCUT2D eigenvalue weighted by molar-refractivity contribution is 9.09. The zero-order valence-corrected chi connectivity index (χ0v) is 13.0. The predicted octanol–water partition coefficient (Wildman–Crippen LogP) is 2.37. The summed E-state index contributed by atoms with van der Waals surface area (Å²) in [5, 5.41) is 0. The molecule has 1 atom stereocenters. The molecule has 1 aliphatic rings. The zero-order valence-electron chi connectivity index (χ0n) is 11.4. The van der Waals surface area contributed by atoms with Gasteiger partial charge in [-0.05, 0) is 25.1 Å². The van der Waals surface area contributed by atoms with E-state index in [2.05, 4.69) is 15.9 Å². The molecule has 1 heterocycles. The fourth-order valence-corrected chi connectivity index (χ4v) is 2.71. The zero-order chi connectivity index (χ0) is 14.7. The molecule has 1 fully saturated rings. The van der Waals surface area contributed by atoms with Crippen LogP contribution in [0.3, 0.4) is 0 Å². The number of ether oxygens (including phenoxy) is 2. The minimum Gasteiger partial charge on any atom is -0.497 e. The van der Waals surface area contributed by atoms with E-state index in [1.54, 1.807) is 30.0 Å². The van der Waals surface area contributed by atoms with Crippen LogP contribution in [0.4, 0.5) is 5.69 Å². The molecular formula is C14H16BrNO4. The van der Waals surface area contributed by atoms with Gasteiger partial charge in [0.15, 0.2) is 0 Å². The molecule has 0 aromatic heterocycles. The summed E-state index contributed by atoms with van der Waals surface area (Å²) in [6.07, 6.45) is 0.425. The van der Waals surface area contributed by atoms with Gasteiger partial charge in [0.2, 0.25) is 5.91 Å². The number of hydrogen-bond donors (Lipinski definition) is 0. The predicted molar refractivity (Wildman–Crippen MR) is 78.6 cm³/mol. The Balaban J connectivity index is 2.41. The highest BCUT2D eigenvalue weighted by Crippen LogP contribution is 2.31. The lowest BCUT2D eigenvalue weighted by molar-refractivity contribution is -0.117.